The molecule has 0 amide bonds. The Morgan fingerprint density at radius 2 is 2.00 bits per heavy atom. The van der Waals surface area contributed by atoms with E-state index in [9.17, 15) is 10.1 Å². The summed E-state index contributed by atoms with van der Waals surface area (Å²) in [7, 11) is 1.43. The van der Waals surface area contributed by atoms with Crippen LogP contribution in [0.15, 0.2) is 41.5 Å². The maximum absolute atomic E-state index is 11.2. The van der Waals surface area contributed by atoms with Crippen LogP contribution in [0.1, 0.15) is 12.5 Å². The zero-order valence-electron chi connectivity index (χ0n) is 13.2. The van der Waals surface area contributed by atoms with Crippen molar-refractivity contribution < 1.29 is 14.4 Å². The Bertz CT molecular complexity index is 748. The SMILES string of the molecule is CCOc1cc(C=NNc2ccc(Cl)cc2)c([N+](=O)[O-])cc1OC. The number of hydrogen-bond acceptors (Lipinski definition) is 6. The van der Waals surface area contributed by atoms with Gasteiger partial charge in [-0.05, 0) is 37.3 Å². The number of ether oxygens (including phenoxy) is 2. The van der Waals surface area contributed by atoms with E-state index in [0.29, 0.717) is 34.4 Å². The predicted octanol–water partition coefficient (Wildman–Crippen LogP) is 4.10. The molecule has 1 N–H and O–H groups in total. The molecule has 0 aliphatic carbocycles. The molecule has 0 radical (unpaired) electrons. The van der Waals surface area contributed by atoms with Gasteiger partial charge in [-0.1, -0.05) is 11.6 Å². The molecule has 8 heteroatoms. The second-order valence-corrected chi connectivity index (χ2v) is 5.07. The van der Waals surface area contributed by atoms with Crippen LogP contribution in [-0.2, 0) is 0 Å². The van der Waals surface area contributed by atoms with E-state index in [0.717, 1.165) is 0 Å². The second-order valence-electron chi connectivity index (χ2n) is 4.63. The van der Waals surface area contributed by atoms with Crippen LogP contribution in [0.4, 0.5) is 11.4 Å². The van der Waals surface area contributed by atoms with Gasteiger partial charge in [-0.15, -0.1) is 0 Å². The van der Waals surface area contributed by atoms with Gasteiger partial charge in [0, 0.05) is 5.02 Å². The van der Waals surface area contributed by atoms with Gasteiger partial charge in [0.05, 0.1) is 42.2 Å². The molecule has 7 nitrogen and oxygen atoms in total. The summed E-state index contributed by atoms with van der Waals surface area (Å²) < 4.78 is 10.6. The lowest BCUT2D eigenvalue weighted by molar-refractivity contribution is -0.385. The number of halogens is 1. The lowest BCUT2D eigenvalue weighted by Gasteiger charge is -2.10. The molecule has 2 aromatic carbocycles. The molecule has 0 aromatic heterocycles. The zero-order chi connectivity index (χ0) is 17.5. The molecule has 2 aromatic rings. The van der Waals surface area contributed by atoms with Crippen molar-refractivity contribution in [1.82, 2.24) is 0 Å². The van der Waals surface area contributed by atoms with Crippen LogP contribution in [0.3, 0.4) is 0 Å². The van der Waals surface area contributed by atoms with E-state index in [-0.39, 0.29) is 5.69 Å². The summed E-state index contributed by atoms with van der Waals surface area (Å²) >= 11 is 5.81. The lowest BCUT2D eigenvalue weighted by atomic mass is 10.1. The van der Waals surface area contributed by atoms with Gasteiger partial charge in [-0.25, -0.2) is 0 Å². The molecular formula is C16H16ClN3O4. The summed E-state index contributed by atoms with van der Waals surface area (Å²) in [4.78, 5) is 10.7. The number of nitro groups is 1. The highest BCUT2D eigenvalue weighted by molar-refractivity contribution is 6.30. The highest BCUT2D eigenvalue weighted by Crippen LogP contribution is 2.34. The number of anilines is 1. The minimum Gasteiger partial charge on any atom is -0.493 e. The molecule has 0 heterocycles. The highest BCUT2D eigenvalue weighted by Gasteiger charge is 2.18. The smallest absolute Gasteiger partial charge is 0.282 e. The normalized spacial score (nSPS) is 10.6. The average Bonchev–Trinajstić information content (AvgIpc) is 2.57. The molecule has 0 saturated carbocycles. The minimum absolute atomic E-state index is 0.128. The monoisotopic (exact) mass is 349 g/mol. The van der Waals surface area contributed by atoms with Crippen LogP contribution in [-0.4, -0.2) is 24.9 Å². The van der Waals surface area contributed by atoms with Crippen LogP contribution < -0.4 is 14.9 Å². The Hall–Kier alpha value is -2.80. The molecule has 126 valence electrons. The maximum Gasteiger partial charge on any atom is 0.282 e. The summed E-state index contributed by atoms with van der Waals surface area (Å²) in [5, 5.41) is 15.9. The first-order chi connectivity index (χ1) is 11.5. The van der Waals surface area contributed by atoms with Crippen molar-refractivity contribution in [3.8, 4) is 11.5 Å². The van der Waals surface area contributed by atoms with Crippen molar-refractivity contribution in [2.75, 3.05) is 19.1 Å². The summed E-state index contributed by atoms with van der Waals surface area (Å²) in [5.41, 5.74) is 3.66. The standard InChI is InChI=1S/C16H16ClN3O4/c1-3-24-16-8-11(14(20(21)22)9-15(16)23-2)10-18-19-13-6-4-12(17)5-7-13/h4-10,19H,3H2,1-2H3. The molecule has 2 rings (SSSR count). The third-order valence-electron chi connectivity index (χ3n) is 3.05. The van der Waals surface area contributed by atoms with E-state index in [1.807, 2.05) is 6.92 Å². The van der Waals surface area contributed by atoms with Gasteiger partial charge in [-0.3, -0.25) is 15.5 Å². The first kappa shape index (κ1) is 17.6. The third kappa shape index (κ3) is 4.36. The fourth-order valence-corrected chi connectivity index (χ4v) is 2.08. The number of methoxy groups -OCH3 is 1. The van der Waals surface area contributed by atoms with Gasteiger partial charge in [-0.2, -0.15) is 5.10 Å². The van der Waals surface area contributed by atoms with E-state index in [4.69, 9.17) is 21.1 Å². The molecule has 0 fully saturated rings. The van der Waals surface area contributed by atoms with Gasteiger partial charge in [0.1, 0.15) is 0 Å². The van der Waals surface area contributed by atoms with E-state index in [1.54, 1.807) is 24.3 Å². The summed E-state index contributed by atoms with van der Waals surface area (Å²) in [6.07, 6.45) is 1.36. The van der Waals surface area contributed by atoms with E-state index < -0.39 is 4.92 Å². The average molecular weight is 350 g/mol. The van der Waals surface area contributed by atoms with Crippen molar-refractivity contribution >= 4 is 29.2 Å². The van der Waals surface area contributed by atoms with Gasteiger partial charge in [0.2, 0.25) is 0 Å². The van der Waals surface area contributed by atoms with Crippen molar-refractivity contribution in [2.24, 2.45) is 5.10 Å². The molecule has 0 saturated heterocycles. The number of rotatable bonds is 7. The first-order valence-corrected chi connectivity index (χ1v) is 7.46. The fraction of sp³-hybridized carbons (Fsp3) is 0.188. The largest absolute Gasteiger partial charge is 0.493 e. The first-order valence-electron chi connectivity index (χ1n) is 7.09. The molecule has 0 aliphatic rings. The van der Waals surface area contributed by atoms with E-state index in [2.05, 4.69) is 10.5 Å². The lowest BCUT2D eigenvalue weighted by Crippen LogP contribution is -2.01. The maximum atomic E-state index is 11.2. The molecule has 0 aliphatic heterocycles. The van der Waals surface area contributed by atoms with Crippen LogP contribution in [0, 0.1) is 10.1 Å². The second kappa shape index (κ2) is 8.16. The summed E-state index contributed by atoms with van der Waals surface area (Å²) in [6.45, 7) is 2.23. The molecule has 24 heavy (non-hydrogen) atoms. The topological polar surface area (TPSA) is 86.0 Å². The summed E-state index contributed by atoms with van der Waals surface area (Å²) in [5.74, 6) is 0.713. The Kier molecular flexibility index (Phi) is 5.97. The third-order valence-corrected chi connectivity index (χ3v) is 3.30. The number of hydrazone groups is 1. The molecule has 0 unspecified atom stereocenters. The Labute approximate surface area is 144 Å². The van der Waals surface area contributed by atoms with E-state index >= 15 is 0 Å². The highest BCUT2D eigenvalue weighted by atomic mass is 35.5. The molecule has 0 spiro atoms. The van der Waals surface area contributed by atoms with Gasteiger partial charge in [0.25, 0.3) is 5.69 Å². The van der Waals surface area contributed by atoms with Crippen molar-refractivity contribution in [2.45, 2.75) is 6.92 Å². The molecule has 0 atom stereocenters. The Morgan fingerprint density at radius 3 is 2.58 bits per heavy atom. The molecule has 0 bridgehead atoms. The number of nitrogens with one attached hydrogen (secondary N) is 1. The Morgan fingerprint density at radius 1 is 1.29 bits per heavy atom. The number of nitro benzene ring substituents is 1. The van der Waals surface area contributed by atoms with Crippen LogP contribution in [0.5, 0.6) is 11.5 Å². The minimum atomic E-state index is -0.498. The number of benzene rings is 2. The van der Waals surface area contributed by atoms with E-state index in [1.165, 1.54) is 25.5 Å². The fourth-order valence-electron chi connectivity index (χ4n) is 1.96. The number of hydrogen-bond donors (Lipinski definition) is 1. The van der Waals surface area contributed by atoms with Crippen LogP contribution in [0.25, 0.3) is 0 Å². The zero-order valence-corrected chi connectivity index (χ0v) is 13.9. The van der Waals surface area contributed by atoms with Gasteiger partial charge < -0.3 is 9.47 Å². The Balaban J connectivity index is 2.29. The van der Waals surface area contributed by atoms with Crippen molar-refractivity contribution in [3.05, 3.63) is 57.1 Å². The predicted molar refractivity (Wildman–Crippen MR) is 93.5 cm³/mol. The number of nitrogens with zero attached hydrogens (tertiary/aromatic N) is 2. The summed E-state index contributed by atoms with van der Waals surface area (Å²) in [6, 6.07) is 9.74. The van der Waals surface area contributed by atoms with Gasteiger partial charge in [0.15, 0.2) is 11.5 Å². The quantitative estimate of drug-likeness (QED) is 0.462. The van der Waals surface area contributed by atoms with Crippen LogP contribution >= 0.6 is 11.6 Å². The molecular weight excluding hydrogens is 334 g/mol. The van der Waals surface area contributed by atoms with Crippen molar-refractivity contribution in [1.29, 1.82) is 0 Å². The van der Waals surface area contributed by atoms with Crippen LogP contribution in [0.2, 0.25) is 5.02 Å². The van der Waals surface area contributed by atoms with Gasteiger partial charge >= 0.3 is 0 Å². The van der Waals surface area contributed by atoms with Crippen molar-refractivity contribution in [3.63, 3.8) is 0 Å².